The van der Waals surface area contributed by atoms with Crippen molar-refractivity contribution in [1.29, 1.82) is 0 Å². The summed E-state index contributed by atoms with van der Waals surface area (Å²) in [5.74, 6) is 0.138. The third-order valence-electron chi connectivity index (χ3n) is 5.04. The molecule has 2 fully saturated rings. The molecule has 0 aromatic heterocycles. The molecule has 1 saturated heterocycles. The fourth-order valence-electron chi connectivity index (χ4n) is 3.59. The third kappa shape index (κ3) is 4.87. The van der Waals surface area contributed by atoms with Crippen LogP contribution in [0, 0.1) is 0 Å². The van der Waals surface area contributed by atoms with Crippen molar-refractivity contribution in [2.75, 3.05) is 37.7 Å². The molecule has 0 radical (unpaired) electrons. The van der Waals surface area contributed by atoms with Crippen molar-refractivity contribution in [3.8, 4) is 0 Å². The predicted octanol–water partition coefficient (Wildman–Crippen LogP) is 3.73. The molecule has 1 aliphatic carbocycles. The van der Waals surface area contributed by atoms with Gasteiger partial charge in [-0.25, -0.2) is 0 Å². The second-order valence-corrected chi connectivity index (χ2v) is 7.21. The lowest BCUT2D eigenvalue weighted by Gasteiger charge is -2.25. The van der Waals surface area contributed by atoms with Gasteiger partial charge in [0.05, 0.1) is 6.10 Å². The molecule has 4 nitrogen and oxygen atoms in total. The van der Waals surface area contributed by atoms with Gasteiger partial charge in [0.15, 0.2) is 0 Å². The number of benzene rings is 1. The maximum Gasteiger partial charge on any atom is 0.248 e. The second-order valence-electron chi connectivity index (χ2n) is 6.77. The van der Waals surface area contributed by atoms with E-state index in [1.165, 1.54) is 24.9 Å². The first-order chi connectivity index (χ1) is 11.7. The van der Waals surface area contributed by atoms with E-state index >= 15 is 0 Å². The van der Waals surface area contributed by atoms with Crippen LogP contribution in [0.2, 0.25) is 5.02 Å². The highest BCUT2D eigenvalue weighted by Crippen LogP contribution is 2.21. The molecule has 1 amide bonds. The van der Waals surface area contributed by atoms with Crippen LogP contribution in [0.15, 0.2) is 24.3 Å². The number of carbonyl (C=O) groups is 1. The van der Waals surface area contributed by atoms with E-state index in [2.05, 4.69) is 4.90 Å². The number of carbonyl (C=O) groups excluding carboxylic acids is 1. The van der Waals surface area contributed by atoms with E-state index in [-0.39, 0.29) is 12.5 Å². The molecular formula is C19H27ClN2O2. The van der Waals surface area contributed by atoms with E-state index in [4.69, 9.17) is 16.3 Å². The van der Waals surface area contributed by atoms with E-state index < -0.39 is 0 Å². The van der Waals surface area contributed by atoms with Crippen LogP contribution >= 0.6 is 11.6 Å². The SMILES string of the molecule is O=C(COC1CCCCC1)N1CCCN(c2ccc(Cl)cc2)CC1. The Balaban J connectivity index is 1.47. The predicted molar refractivity (Wildman–Crippen MR) is 97.7 cm³/mol. The number of rotatable bonds is 4. The Labute approximate surface area is 149 Å². The van der Waals surface area contributed by atoms with Gasteiger partial charge in [-0.15, -0.1) is 0 Å². The highest BCUT2D eigenvalue weighted by Gasteiger charge is 2.21. The lowest BCUT2D eigenvalue weighted by Crippen LogP contribution is -2.38. The molecule has 2 aliphatic rings. The summed E-state index contributed by atoms with van der Waals surface area (Å²) in [4.78, 5) is 16.7. The zero-order valence-electron chi connectivity index (χ0n) is 14.3. The summed E-state index contributed by atoms with van der Waals surface area (Å²) in [6, 6.07) is 7.93. The Morgan fingerprint density at radius 3 is 2.50 bits per heavy atom. The molecule has 0 bridgehead atoms. The number of anilines is 1. The van der Waals surface area contributed by atoms with Gasteiger partial charge in [0.25, 0.3) is 0 Å². The van der Waals surface area contributed by atoms with Crippen molar-refractivity contribution in [3.63, 3.8) is 0 Å². The molecule has 1 heterocycles. The topological polar surface area (TPSA) is 32.8 Å². The Hall–Kier alpha value is -1.26. The summed E-state index contributed by atoms with van der Waals surface area (Å²) in [5, 5.41) is 0.755. The molecule has 0 N–H and O–H groups in total. The monoisotopic (exact) mass is 350 g/mol. The van der Waals surface area contributed by atoms with Crippen LogP contribution in [0.5, 0.6) is 0 Å². The quantitative estimate of drug-likeness (QED) is 0.829. The first-order valence-electron chi connectivity index (χ1n) is 9.12. The lowest BCUT2D eigenvalue weighted by atomic mass is 9.98. The minimum atomic E-state index is 0.138. The number of amides is 1. The number of ether oxygens (including phenoxy) is 1. The Bertz CT molecular complexity index is 529. The summed E-state index contributed by atoms with van der Waals surface area (Å²) in [6.45, 7) is 3.64. The number of halogens is 1. The summed E-state index contributed by atoms with van der Waals surface area (Å²) in [7, 11) is 0. The highest BCUT2D eigenvalue weighted by molar-refractivity contribution is 6.30. The third-order valence-corrected chi connectivity index (χ3v) is 5.29. The minimum absolute atomic E-state index is 0.138. The standard InChI is InChI=1S/C19H27ClN2O2/c20-16-7-9-17(10-8-16)21-11-4-12-22(14-13-21)19(23)15-24-18-5-2-1-3-6-18/h7-10,18H,1-6,11-15H2. The van der Waals surface area contributed by atoms with Crippen molar-refractivity contribution < 1.29 is 9.53 Å². The van der Waals surface area contributed by atoms with Gasteiger partial charge in [-0.1, -0.05) is 30.9 Å². The summed E-state index contributed by atoms with van der Waals surface area (Å²) in [6.07, 6.45) is 7.27. The number of nitrogens with zero attached hydrogens (tertiary/aromatic N) is 2. The van der Waals surface area contributed by atoms with Crippen LogP contribution in [-0.4, -0.2) is 49.7 Å². The van der Waals surface area contributed by atoms with Gasteiger partial charge in [-0.3, -0.25) is 4.79 Å². The Morgan fingerprint density at radius 2 is 1.75 bits per heavy atom. The molecular weight excluding hydrogens is 324 g/mol. The fourth-order valence-corrected chi connectivity index (χ4v) is 3.72. The van der Waals surface area contributed by atoms with Crippen molar-refractivity contribution in [2.45, 2.75) is 44.6 Å². The average Bonchev–Trinajstić information content (AvgIpc) is 2.87. The van der Waals surface area contributed by atoms with Crippen LogP contribution in [0.4, 0.5) is 5.69 Å². The van der Waals surface area contributed by atoms with Crippen LogP contribution in [0.25, 0.3) is 0 Å². The van der Waals surface area contributed by atoms with Gasteiger partial charge in [-0.05, 0) is 43.5 Å². The zero-order valence-corrected chi connectivity index (χ0v) is 15.0. The Kier molecular flexibility index (Phi) is 6.38. The summed E-state index contributed by atoms with van der Waals surface area (Å²) < 4.78 is 5.84. The van der Waals surface area contributed by atoms with E-state index in [0.717, 1.165) is 50.5 Å². The van der Waals surface area contributed by atoms with Gasteiger partial charge >= 0.3 is 0 Å². The largest absolute Gasteiger partial charge is 0.370 e. The molecule has 0 unspecified atom stereocenters. The van der Waals surface area contributed by atoms with E-state index in [1.54, 1.807) is 0 Å². The van der Waals surface area contributed by atoms with Crippen molar-refractivity contribution in [3.05, 3.63) is 29.3 Å². The molecule has 1 saturated carbocycles. The second kappa shape index (κ2) is 8.72. The highest BCUT2D eigenvalue weighted by atomic mass is 35.5. The van der Waals surface area contributed by atoms with Crippen LogP contribution < -0.4 is 4.90 Å². The zero-order chi connectivity index (χ0) is 16.8. The van der Waals surface area contributed by atoms with Crippen LogP contribution in [-0.2, 0) is 9.53 Å². The molecule has 1 aliphatic heterocycles. The average molecular weight is 351 g/mol. The molecule has 0 spiro atoms. The fraction of sp³-hybridized carbons (Fsp3) is 0.632. The van der Waals surface area contributed by atoms with Crippen LogP contribution in [0.3, 0.4) is 0 Å². The number of hydrogen-bond acceptors (Lipinski definition) is 3. The summed E-state index contributed by atoms with van der Waals surface area (Å²) >= 11 is 5.96. The van der Waals surface area contributed by atoms with E-state index in [9.17, 15) is 4.79 Å². The van der Waals surface area contributed by atoms with Crippen molar-refractivity contribution in [1.82, 2.24) is 4.90 Å². The first kappa shape index (κ1) is 17.6. The van der Waals surface area contributed by atoms with Crippen molar-refractivity contribution in [2.24, 2.45) is 0 Å². The Morgan fingerprint density at radius 1 is 1.00 bits per heavy atom. The maximum atomic E-state index is 12.4. The normalized spacial score (nSPS) is 20.0. The first-order valence-corrected chi connectivity index (χ1v) is 9.50. The van der Waals surface area contributed by atoms with Gasteiger partial charge in [-0.2, -0.15) is 0 Å². The summed E-state index contributed by atoms with van der Waals surface area (Å²) in [5.41, 5.74) is 1.17. The van der Waals surface area contributed by atoms with Gasteiger partial charge in [0.2, 0.25) is 5.91 Å². The van der Waals surface area contributed by atoms with E-state index in [1.807, 2.05) is 29.2 Å². The van der Waals surface area contributed by atoms with Gasteiger partial charge in [0.1, 0.15) is 6.61 Å². The van der Waals surface area contributed by atoms with Crippen LogP contribution in [0.1, 0.15) is 38.5 Å². The molecule has 5 heteroatoms. The molecule has 3 rings (SSSR count). The smallest absolute Gasteiger partial charge is 0.248 e. The molecule has 1 aromatic carbocycles. The maximum absolute atomic E-state index is 12.4. The number of hydrogen-bond donors (Lipinski definition) is 0. The van der Waals surface area contributed by atoms with Crippen molar-refractivity contribution >= 4 is 23.2 Å². The molecule has 132 valence electrons. The van der Waals surface area contributed by atoms with Gasteiger partial charge < -0.3 is 14.5 Å². The molecule has 1 aromatic rings. The van der Waals surface area contributed by atoms with Gasteiger partial charge in [0, 0.05) is 36.9 Å². The van der Waals surface area contributed by atoms with E-state index in [0.29, 0.717) is 6.10 Å². The minimum Gasteiger partial charge on any atom is -0.370 e. The molecule has 0 atom stereocenters. The lowest BCUT2D eigenvalue weighted by molar-refractivity contribution is -0.138. The molecule has 24 heavy (non-hydrogen) atoms.